The molecule has 34 heavy (non-hydrogen) atoms. The molecule has 0 aliphatic heterocycles. The predicted octanol–water partition coefficient (Wildman–Crippen LogP) is 4.76. The lowest BCUT2D eigenvalue weighted by Crippen LogP contribution is -2.38. The SMILES string of the molecule is C=CCC1CCC(CC)(CNCC(O)COc2ccccc2C(=O)NCCc2ccccc2)C1. The predicted molar refractivity (Wildman–Crippen MR) is 138 cm³/mol. The zero-order valence-corrected chi connectivity index (χ0v) is 20.5. The molecule has 0 heterocycles. The van der Waals surface area contributed by atoms with E-state index >= 15 is 0 Å². The number of aliphatic hydroxyl groups is 1. The molecule has 1 aliphatic rings. The van der Waals surface area contributed by atoms with Crippen LogP contribution < -0.4 is 15.4 Å². The molecule has 5 nitrogen and oxygen atoms in total. The summed E-state index contributed by atoms with van der Waals surface area (Å²) in [6.45, 7) is 8.22. The molecule has 1 saturated carbocycles. The molecule has 5 heteroatoms. The monoisotopic (exact) mass is 464 g/mol. The number of rotatable bonds is 14. The van der Waals surface area contributed by atoms with Crippen LogP contribution in [0.15, 0.2) is 67.3 Å². The van der Waals surface area contributed by atoms with Gasteiger partial charge in [-0.2, -0.15) is 0 Å². The molecule has 184 valence electrons. The molecule has 0 bridgehead atoms. The zero-order chi connectivity index (χ0) is 24.2. The number of carbonyl (C=O) groups excluding carboxylic acids is 1. The number of nitrogens with one attached hydrogen (secondary N) is 2. The summed E-state index contributed by atoms with van der Waals surface area (Å²) in [6, 6.07) is 17.3. The van der Waals surface area contributed by atoms with Gasteiger partial charge in [0.1, 0.15) is 18.5 Å². The second kappa shape index (κ2) is 13.3. The number of allylic oxidation sites excluding steroid dienone is 1. The van der Waals surface area contributed by atoms with Crippen LogP contribution in [0.3, 0.4) is 0 Å². The maximum absolute atomic E-state index is 12.7. The minimum absolute atomic E-state index is 0.138. The van der Waals surface area contributed by atoms with E-state index in [9.17, 15) is 9.90 Å². The smallest absolute Gasteiger partial charge is 0.255 e. The number of benzene rings is 2. The highest BCUT2D eigenvalue weighted by Crippen LogP contribution is 2.45. The fourth-order valence-corrected chi connectivity index (χ4v) is 4.96. The van der Waals surface area contributed by atoms with Gasteiger partial charge in [0.05, 0.1) is 5.56 Å². The van der Waals surface area contributed by atoms with Gasteiger partial charge in [-0.15, -0.1) is 6.58 Å². The van der Waals surface area contributed by atoms with Crippen molar-refractivity contribution in [3.8, 4) is 5.75 Å². The van der Waals surface area contributed by atoms with Crippen LogP contribution in [0.4, 0.5) is 0 Å². The van der Waals surface area contributed by atoms with E-state index in [4.69, 9.17) is 4.74 Å². The average molecular weight is 465 g/mol. The number of amides is 1. The maximum atomic E-state index is 12.7. The van der Waals surface area contributed by atoms with Gasteiger partial charge in [-0.1, -0.05) is 55.5 Å². The number of aliphatic hydroxyl groups excluding tert-OH is 1. The van der Waals surface area contributed by atoms with Crippen molar-refractivity contribution in [2.75, 3.05) is 26.2 Å². The summed E-state index contributed by atoms with van der Waals surface area (Å²) >= 11 is 0. The lowest BCUT2D eigenvalue weighted by atomic mass is 9.82. The van der Waals surface area contributed by atoms with Crippen LogP contribution in [-0.2, 0) is 6.42 Å². The second-order valence-electron chi connectivity index (χ2n) is 9.57. The molecule has 1 amide bonds. The zero-order valence-electron chi connectivity index (χ0n) is 20.5. The number of carbonyl (C=O) groups is 1. The van der Waals surface area contributed by atoms with Crippen molar-refractivity contribution < 1.29 is 14.6 Å². The normalized spacial score (nSPS) is 20.6. The Morgan fingerprint density at radius 2 is 2.00 bits per heavy atom. The summed E-state index contributed by atoms with van der Waals surface area (Å²) in [5.41, 5.74) is 1.99. The minimum Gasteiger partial charge on any atom is -0.490 e. The van der Waals surface area contributed by atoms with Crippen molar-refractivity contribution in [3.05, 3.63) is 78.4 Å². The van der Waals surface area contributed by atoms with E-state index in [-0.39, 0.29) is 12.5 Å². The highest BCUT2D eigenvalue weighted by atomic mass is 16.5. The van der Waals surface area contributed by atoms with Crippen LogP contribution in [0.1, 0.15) is 54.9 Å². The summed E-state index contributed by atoms with van der Waals surface area (Å²) in [4.78, 5) is 12.7. The first-order valence-corrected chi connectivity index (χ1v) is 12.6. The molecule has 3 rings (SSSR count). The lowest BCUT2D eigenvalue weighted by Gasteiger charge is -2.29. The summed E-state index contributed by atoms with van der Waals surface area (Å²) in [5, 5.41) is 16.9. The average Bonchev–Trinajstić information content (AvgIpc) is 3.27. The van der Waals surface area contributed by atoms with Crippen molar-refractivity contribution in [1.29, 1.82) is 0 Å². The molecule has 2 aromatic carbocycles. The molecule has 1 fully saturated rings. The summed E-state index contributed by atoms with van der Waals surface area (Å²) < 4.78 is 5.85. The summed E-state index contributed by atoms with van der Waals surface area (Å²) in [5.74, 6) is 1.06. The second-order valence-corrected chi connectivity index (χ2v) is 9.57. The molecular weight excluding hydrogens is 424 g/mol. The van der Waals surface area contributed by atoms with Gasteiger partial charge in [0.25, 0.3) is 5.91 Å². The van der Waals surface area contributed by atoms with Gasteiger partial charge < -0.3 is 20.5 Å². The van der Waals surface area contributed by atoms with Crippen molar-refractivity contribution >= 4 is 5.91 Å². The third-order valence-corrected chi connectivity index (χ3v) is 7.04. The Balaban J connectivity index is 1.42. The first-order valence-electron chi connectivity index (χ1n) is 12.6. The van der Waals surface area contributed by atoms with Crippen molar-refractivity contribution in [2.45, 2.75) is 51.6 Å². The van der Waals surface area contributed by atoms with E-state index in [0.29, 0.717) is 29.8 Å². The highest BCUT2D eigenvalue weighted by molar-refractivity contribution is 5.96. The van der Waals surface area contributed by atoms with Gasteiger partial charge in [0.2, 0.25) is 0 Å². The van der Waals surface area contributed by atoms with E-state index in [1.807, 2.05) is 48.5 Å². The third kappa shape index (κ3) is 7.71. The largest absolute Gasteiger partial charge is 0.490 e. The van der Waals surface area contributed by atoms with Crippen LogP contribution in [0.25, 0.3) is 0 Å². The van der Waals surface area contributed by atoms with Crippen LogP contribution in [0.2, 0.25) is 0 Å². The number of hydrogen-bond acceptors (Lipinski definition) is 4. The van der Waals surface area contributed by atoms with Gasteiger partial charge in [0, 0.05) is 19.6 Å². The quantitative estimate of drug-likeness (QED) is 0.353. The van der Waals surface area contributed by atoms with Gasteiger partial charge in [-0.3, -0.25) is 4.79 Å². The molecule has 3 N–H and O–H groups in total. The molecule has 3 atom stereocenters. The Hall–Kier alpha value is -2.63. The van der Waals surface area contributed by atoms with Crippen LogP contribution in [0, 0.1) is 11.3 Å². The van der Waals surface area contributed by atoms with E-state index in [1.54, 1.807) is 12.1 Å². The van der Waals surface area contributed by atoms with E-state index in [2.05, 4.69) is 24.1 Å². The van der Waals surface area contributed by atoms with Gasteiger partial charge in [0.15, 0.2) is 0 Å². The molecule has 0 spiro atoms. The molecule has 0 saturated heterocycles. The Kier molecular flexibility index (Phi) is 10.2. The number of ether oxygens (including phenoxy) is 1. The fraction of sp³-hybridized carbons (Fsp3) is 0.483. The van der Waals surface area contributed by atoms with Crippen molar-refractivity contribution in [1.82, 2.24) is 10.6 Å². The molecule has 0 radical (unpaired) electrons. The topological polar surface area (TPSA) is 70.6 Å². The van der Waals surface area contributed by atoms with Crippen LogP contribution >= 0.6 is 0 Å². The molecule has 1 aliphatic carbocycles. The standard InChI is InChI=1S/C29H40N2O3/c1-3-10-24-15-17-29(4-2,19-24)22-30-20-25(32)21-34-27-14-9-8-13-26(27)28(33)31-18-16-23-11-6-5-7-12-23/h3,5-9,11-14,24-25,30,32H,1,4,10,15-22H2,2H3,(H,31,33). The minimum atomic E-state index is -0.645. The van der Waals surface area contributed by atoms with Crippen molar-refractivity contribution in [3.63, 3.8) is 0 Å². The molecule has 3 unspecified atom stereocenters. The van der Waals surface area contributed by atoms with Gasteiger partial charge in [-0.25, -0.2) is 0 Å². The summed E-state index contributed by atoms with van der Waals surface area (Å²) in [7, 11) is 0. The Labute approximate surface area is 204 Å². The van der Waals surface area contributed by atoms with Gasteiger partial charge >= 0.3 is 0 Å². The van der Waals surface area contributed by atoms with E-state index < -0.39 is 6.10 Å². The lowest BCUT2D eigenvalue weighted by molar-refractivity contribution is 0.0917. The van der Waals surface area contributed by atoms with Gasteiger partial charge in [-0.05, 0) is 67.6 Å². The van der Waals surface area contributed by atoms with E-state index in [1.165, 1.54) is 24.8 Å². The molecule has 0 aromatic heterocycles. The number of para-hydroxylation sites is 1. The third-order valence-electron chi connectivity index (χ3n) is 7.04. The highest BCUT2D eigenvalue weighted by Gasteiger charge is 2.36. The van der Waals surface area contributed by atoms with Crippen LogP contribution in [0.5, 0.6) is 5.75 Å². The maximum Gasteiger partial charge on any atom is 0.255 e. The first kappa shape index (κ1) is 26.0. The number of hydrogen-bond donors (Lipinski definition) is 3. The Morgan fingerprint density at radius 3 is 2.76 bits per heavy atom. The Morgan fingerprint density at radius 1 is 1.24 bits per heavy atom. The first-order chi connectivity index (χ1) is 16.5. The fourth-order valence-electron chi connectivity index (χ4n) is 4.96. The van der Waals surface area contributed by atoms with E-state index in [0.717, 1.165) is 31.7 Å². The van der Waals surface area contributed by atoms with Crippen molar-refractivity contribution in [2.24, 2.45) is 11.3 Å². The molecular formula is C29H40N2O3. The summed E-state index contributed by atoms with van der Waals surface area (Å²) in [6.07, 6.45) is 8.12. The Bertz CT molecular complexity index is 901. The molecule has 2 aromatic rings. The van der Waals surface area contributed by atoms with Crippen LogP contribution in [-0.4, -0.2) is 43.4 Å².